The summed E-state index contributed by atoms with van der Waals surface area (Å²) in [6.07, 6.45) is 2.18. The number of carbonyl (C=O) groups is 2. The van der Waals surface area contributed by atoms with E-state index < -0.39 is 11.6 Å². The van der Waals surface area contributed by atoms with Crippen molar-refractivity contribution >= 4 is 11.8 Å². The van der Waals surface area contributed by atoms with Crippen molar-refractivity contribution in [3.63, 3.8) is 0 Å². The maximum atomic E-state index is 14.4. The highest BCUT2D eigenvalue weighted by atomic mass is 19.1. The Bertz CT molecular complexity index is 1250. The molecular formula is C26H24F2N4O3. The smallest absolute Gasteiger partial charge is 0.255 e. The van der Waals surface area contributed by atoms with Crippen LogP contribution in [-0.2, 0) is 28.9 Å². The van der Waals surface area contributed by atoms with Crippen molar-refractivity contribution in [3.8, 4) is 11.4 Å². The number of benzene rings is 2. The highest BCUT2D eigenvalue weighted by Crippen LogP contribution is 2.27. The highest BCUT2D eigenvalue weighted by molar-refractivity contribution is 5.99. The summed E-state index contributed by atoms with van der Waals surface area (Å²) in [6, 6.07) is 11.2. The second kappa shape index (κ2) is 9.87. The van der Waals surface area contributed by atoms with Gasteiger partial charge in [0.1, 0.15) is 11.6 Å². The molecule has 0 radical (unpaired) electrons. The van der Waals surface area contributed by atoms with E-state index in [1.807, 2.05) is 24.3 Å². The molecule has 180 valence electrons. The number of halogens is 2. The summed E-state index contributed by atoms with van der Waals surface area (Å²) >= 11 is 0. The SMILES string of the molecule is O=C(Cc1ccc(Cc2nc(-c3c(F)cccc3F)nc3c2C(=O)NC3)cc1)NC1CCOCC1. The van der Waals surface area contributed by atoms with Gasteiger partial charge in [0, 0.05) is 25.7 Å². The predicted molar refractivity (Wildman–Crippen MR) is 123 cm³/mol. The molecule has 1 saturated heterocycles. The molecule has 35 heavy (non-hydrogen) atoms. The van der Waals surface area contributed by atoms with Crippen LogP contribution in [0.1, 0.15) is 45.7 Å². The van der Waals surface area contributed by atoms with Crippen LogP contribution in [0.25, 0.3) is 11.4 Å². The minimum Gasteiger partial charge on any atom is -0.381 e. The van der Waals surface area contributed by atoms with Gasteiger partial charge in [0.15, 0.2) is 5.82 Å². The molecule has 0 unspecified atom stereocenters. The van der Waals surface area contributed by atoms with E-state index in [1.165, 1.54) is 6.07 Å². The lowest BCUT2D eigenvalue weighted by Gasteiger charge is -2.23. The largest absolute Gasteiger partial charge is 0.381 e. The second-order valence-electron chi connectivity index (χ2n) is 8.72. The Kier molecular flexibility index (Phi) is 6.50. The van der Waals surface area contributed by atoms with Crippen molar-refractivity contribution in [2.24, 2.45) is 0 Å². The van der Waals surface area contributed by atoms with E-state index in [0.717, 1.165) is 36.1 Å². The molecule has 5 rings (SSSR count). The summed E-state index contributed by atoms with van der Waals surface area (Å²) in [4.78, 5) is 33.4. The van der Waals surface area contributed by atoms with Crippen LogP contribution in [0.3, 0.4) is 0 Å². The minimum atomic E-state index is -0.767. The number of rotatable bonds is 6. The summed E-state index contributed by atoms with van der Waals surface area (Å²) in [5.41, 5.74) is 2.54. The second-order valence-corrected chi connectivity index (χ2v) is 8.72. The number of amides is 2. The molecule has 0 atom stereocenters. The number of fused-ring (bicyclic) bond motifs is 1. The van der Waals surface area contributed by atoms with E-state index in [4.69, 9.17) is 4.74 Å². The average molecular weight is 478 g/mol. The van der Waals surface area contributed by atoms with Gasteiger partial charge in [0.2, 0.25) is 5.91 Å². The molecule has 7 nitrogen and oxygen atoms in total. The normalized spacial score (nSPS) is 15.5. The zero-order chi connectivity index (χ0) is 24.4. The number of aromatic nitrogens is 2. The maximum Gasteiger partial charge on any atom is 0.255 e. The van der Waals surface area contributed by atoms with Crippen LogP contribution < -0.4 is 10.6 Å². The van der Waals surface area contributed by atoms with Crippen molar-refractivity contribution in [1.29, 1.82) is 0 Å². The number of nitrogens with one attached hydrogen (secondary N) is 2. The zero-order valence-electron chi connectivity index (χ0n) is 18.9. The van der Waals surface area contributed by atoms with Gasteiger partial charge in [0.25, 0.3) is 5.91 Å². The molecule has 2 amide bonds. The van der Waals surface area contributed by atoms with E-state index in [9.17, 15) is 18.4 Å². The van der Waals surface area contributed by atoms with Crippen molar-refractivity contribution in [2.75, 3.05) is 13.2 Å². The molecule has 9 heteroatoms. The van der Waals surface area contributed by atoms with Gasteiger partial charge in [-0.05, 0) is 36.1 Å². The zero-order valence-corrected chi connectivity index (χ0v) is 18.9. The summed E-state index contributed by atoms with van der Waals surface area (Å²) in [5, 5.41) is 5.75. The van der Waals surface area contributed by atoms with Gasteiger partial charge in [-0.2, -0.15) is 0 Å². The molecule has 2 aromatic carbocycles. The third-order valence-electron chi connectivity index (χ3n) is 6.23. The Morgan fingerprint density at radius 2 is 1.69 bits per heavy atom. The van der Waals surface area contributed by atoms with Crippen molar-refractivity contribution in [2.45, 2.75) is 38.3 Å². The summed E-state index contributed by atoms with van der Waals surface area (Å²) in [7, 11) is 0. The van der Waals surface area contributed by atoms with Crippen molar-refractivity contribution < 1.29 is 23.1 Å². The van der Waals surface area contributed by atoms with E-state index in [1.54, 1.807) is 0 Å². The predicted octanol–water partition coefficient (Wildman–Crippen LogP) is 3.09. The van der Waals surface area contributed by atoms with Crippen molar-refractivity contribution in [1.82, 2.24) is 20.6 Å². The first kappa shape index (κ1) is 23.0. The third-order valence-corrected chi connectivity index (χ3v) is 6.23. The highest BCUT2D eigenvalue weighted by Gasteiger charge is 2.28. The maximum absolute atomic E-state index is 14.4. The lowest BCUT2D eigenvalue weighted by Crippen LogP contribution is -2.39. The Morgan fingerprint density at radius 3 is 2.40 bits per heavy atom. The molecule has 3 aromatic rings. The molecule has 2 aliphatic heterocycles. The first-order valence-electron chi connectivity index (χ1n) is 11.5. The molecule has 1 fully saturated rings. The number of ether oxygens (including phenoxy) is 1. The number of hydrogen-bond acceptors (Lipinski definition) is 5. The fraction of sp³-hybridized carbons (Fsp3) is 0.308. The van der Waals surface area contributed by atoms with Crippen LogP contribution in [0.5, 0.6) is 0 Å². The Labute approximate surface area is 200 Å². The van der Waals surface area contributed by atoms with Crippen molar-refractivity contribution in [3.05, 3.63) is 82.2 Å². The summed E-state index contributed by atoms with van der Waals surface area (Å²) in [5.74, 6) is -1.97. The standard InChI is InChI=1S/C26H24F2N4O3/c27-18-2-1-3-19(28)23(18)25-31-20(24-21(32-25)14-29-26(24)34)12-15-4-6-16(7-5-15)13-22(33)30-17-8-10-35-11-9-17/h1-7,17H,8-14H2,(H,29,34)(H,30,33). The topological polar surface area (TPSA) is 93.2 Å². The third kappa shape index (κ3) is 5.05. The van der Waals surface area contributed by atoms with Gasteiger partial charge in [-0.25, -0.2) is 18.7 Å². The van der Waals surface area contributed by atoms with E-state index in [-0.39, 0.29) is 48.6 Å². The van der Waals surface area contributed by atoms with Gasteiger partial charge in [0.05, 0.1) is 35.5 Å². The number of carbonyl (C=O) groups excluding carboxylic acids is 2. The van der Waals surface area contributed by atoms with Crippen LogP contribution in [0, 0.1) is 11.6 Å². The molecular weight excluding hydrogens is 454 g/mol. The number of hydrogen-bond donors (Lipinski definition) is 2. The molecule has 0 aliphatic carbocycles. The molecule has 2 aliphatic rings. The molecule has 0 saturated carbocycles. The van der Waals surface area contributed by atoms with Gasteiger partial charge >= 0.3 is 0 Å². The first-order chi connectivity index (χ1) is 17.0. The van der Waals surface area contributed by atoms with Crippen LogP contribution in [0.4, 0.5) is 8.78 Å². The fourth-order valence-corrected chi connectivity index (χ4v) is 4.43. The molecule has 0 spiro atoms. The lowest BCUT2D eigenvalue weighted by atomic mass is 10.0. The van der Waals surface area contributed by atoms with Gasteiger partial charge in [-0.15, -0.1) is 0 Å². The Morgan fingerprint density at radius 1 is 1.00 bits per heavy atom. The average Bonchev–Trinajstić information content (AvgIpc) is 3.22. The lowest BCUT2D eigenvalue weighted by molar-refractivity contribution is -0.121. The summed E-state index contributed by atoms with van der Waals surface area (Å²) in [6.45, 7) is 1.50. The Hall–Kier alpha value is -3.72. The van der Waals surface area contributed by atoms with Crippen LogP contribution >= 0.6 is 0 Å². The minimum absolute atomic E-state index is 0.0357. The number of nitrogens with zero attached hydrogens (tertiary/aromatic N) is 2. The van der Waals surface area contributed by atoms with Crippen LogP contribution in [0.15, 0.2) is 42.5 Å². The fourth-order valence-electron chi connectivity index (χ4n) is 4.43. The van der Waals surface area contributed by atoms with Gasteiger partial charge in [-0.1, -0.05) is 30.3 Å². The van der Waals surface area contributed by atoms with Gasteiger partial charge in [-0.3, -0.25) is 9.59 Å². The first-order valence-corrected chi connectivity index (χ1v) is 11.5. The Balaban J connectivity index is 1.35. The molecule has 0 bridgehead atoms. The van der Waals surface area contributed by atoms with E-state index in [0.29, 0.717) is 30.2 Å². The van der Waals surface area contributed by atoms with E-state index in [2.05, 4.69) is 20.6 Å². The van der Waals surface area contributed by atoms with Crippen LogP contribution in [0.2, 0.25) is 0 Å². The molecule has 2 N–H and O–H groups in total. The van der Waals surface area contributed by atoms with E-state index >= 15 is 0 Å². The monoisotopic (exact) mass is 478 g/mol. The summed E-state index contributed by atoms with van der Waals surface area (Å²) < 4.78 is 34.1. The quantitative estimate of drug-likeness (QED) is 0.568. The molecule has 1 aromatic heterocycles. The molecule has 3 heterocycles. The van der Waals surface area contributed by atoms with Gasteiger partial charge < -0.3 is 15.4 Å². The van der Waals surface area contributed by atoms with Crippen LogP contribution in [-0.4, -0.2) is 41.0 Å².